The molecule has 0 bridgehead atoms. The highest BCUT2D eigenvalue weighted by atomic mass is 16.5. The van der Waals surface area contributed by atoms with Crippen molar-refractivity contribution in [3.63, 3.8) is 0 Å². The highest BCUT2D eigenvalue weighted by Crippen LogP contribution is 2.16. The molecule has 0 aliphatic carbocycles. The molecular weight excluding hydrogens is 310 g/mol. The number of carbonyl (C=O) groups excluding carboxylic acids is 2. The summed E-state index contributed by atoms with van der Waals surface area (Å²) in [4.78, 5) is 27.0. The first-order chi connectivity index (χ1) is 11.6. The van der Waals surface area contributed by atoms with Crippen molar-refractivity contribution in [3.05, 3.63) is 24.3 Å². The van der Waals surface area contributed by atoms with Crippen molar-refractivity contribution in [1.82, 2.24) is 15.1 Å². The van der Waals surface area contributed by atoms with E-state index in [2.05, 4.69) is 10.2 Å². The zero-order valence-corrected chi connectivity index (χ0v) is 14.3. The minimum absolute atomic E-state index is 0.0235. The molecule has 7 nitrogen and oxygen atoms in total. The molecule has 1 aromatic rings. The van der Waals surface area contributed by atoms with Gasteiger partial charge in [0, 0.05) is 33.1 Å². The molecule has 0 atom stereocenters. The smallest absolute Gasteiger partial charge is 0.234 e. The lowest BCUT2D eigenvalue weighted by Gasteiger charge is -2.33. The van der Waals surface area contributed by atoms with E-state index < -0.39 is 0 Å². The van der Waals surface area contributed by atoms with Crippen LogP contribution in [0.15, 0.2) is 24.3 Å². The SMILES string of the molecule is COc1ccc(OCCNC(=O)CN2CCN(C(C)=O)CC2)cc1. The van der Waals surface area contributed by atoms with Crippen molar-refractivity contribution in [2.45, 2.75) is 6.92 Å². The van der Waals surface area contributed by atoms with Gasteiger partial charge in [0.2, 0.25) is 11.8 Å². The van der Waals surface area contributed by atoms with Crippen LogP contribution in [0.3, 0.4) is 0 Å². The van der Waals surface area contributed by atoms with Crippen molar-refractivity contribution in [2.24, 2.45) is 0 Å². The van der Waals surface area contributed by atoms with Gasteiger partial charge in [-0.05, 0) is 24.3 Å². The van der Waals surface area contributed by atoms with Crippen molar-refractivity contribution >= 4 is 11.8 Å². The lowest BCUT2D eigenvalue weighted by Crippen LogP contribution is -2.50. The third kappa shape index (κ3) is 5.73. The van der Waals surface area contributed by atoms with Crippen LogP contribution in [-0.4, -0.2) is 74.6 Å². The maximum atomic E-state index is 11.9. The molecule has 1 fully saturated rings. The van der Waals surface area contributed by atoms with E-state index in [9.17, 15) is 9.59 Å². The lowest BCUT2D eigenvalue weighted by molar-refractivity contribution is -0.131. The monoisotopic (exact) mass is 335 g/mol. The number of rotatable bonds is 7. The first-order valence-electron chi connectivity index (χ1n) is 8.10. The second-order valence-electron chi connectivity index (χ2n) is 5.66. The number of piperazine rings is 1. The van der Waals surface area contributed by atoms with Gasteiger partial charge in [-0.3, -0.25) is 14.5 Å². The first kappa shape index (κ1) is 18.1. The highest BCUT2D eigenvalue weighted by molar-refractivity contribution is 5.78. The third-order valence-electron chi connectivity index (χ3n) is 3.94. The summed E-state index contributed by atoms with van der Waals surface area (Å²) in [7, 11) is 1.62. The second kappa shape index (κ2) is 9.12. The van der Waals surface area contributed by atoms with E-state index >= 15 is 0 Å². The van der Waals surface area contributed by atoms with E-state index in [1.807, 2.05) is 24.3 Å². The van der Waals surface area contributed by atoms with Gasteiger partial charge in [-0.25, -0.2) is 0 Å². The van der Waals surface area contributed by atoms with Crippen LogP contribution in [-0.2, 0) is 9.59 Å². The normalized spacial score (nSPS) is 15.0. The number of amides is 2. The number of methoxy groups -OCH3 is 1. The van der Waals surface area contributed by atoms with Crippen LogP contribution in [0.2, 0.25) is 0 Å². The van der Waals surface area contributed by atoms with Gasteiger partial charge in [0.1, 0.15) is 18.1 Å². The number of hydrogen-bond acceptors (Lipinski definition) is 5. The Balaban J connectivity index is 1.59. The van der Waals surface area contributed by atoms with Gasteiger partial charge in [0.05, 0.1) is 20.2 Å². The van der Waals surface area contributed by atoms with Crippen LogP contribution in [0.1, 0.15) is 6.92 Å². The Bertz CT molecular complexity index is 539. The molecule has 0 saturated carbocycles. The Hall–Kier alpha value is -2.28. The zero-order valence-electron chi connectivity index (χ0n) is 14.3. The molecule has 1 N–H and O–H groups in total. The lowest BCUT2D eigenvalue weighted by atomic mass is 10.3. The van der Waals surface area contributed by atoms with Crippen molar-refractivity contribution in [2.75, 3.05) is 53.0 Å². The summed E-state index contributed by atoms with van der Waals surface area (Å²) < 4.78 is 10.6. The minimum Gasteiger partial charge on any atom is -0.497 e. The number of ether oxygens (including phenoxy) is 2. The molecule has 0 radical (unpaired) electrons. The number of hydrogen-bond donors (Lipinski definition) is 1. The maximum Gasteiger partial charge on any atom is 0.234 e. The Labute approximate surface area is 142 Å². The molecule has 0 aromatic heterocycles. The molecule has 0 spiro atoms. The molecule has 1 heterocycles. The molecule has 24 heavy (non-hydrogen) atoms. The standard InChI is InChI=1S/C17H25N3O4/c1-14(21)20-10-8-19(9-11-20)13-17(22)18-7-12-24-16-5-3-15(23-2)4-6-16/h3-6H,7-13H2,1-2H3,(H,18,22). The molecule has 7 heteroatoms. The fourth-order valence-corrected chi connectivity index (χ4v) is 2.51. The molecule has 1 aliphatic rings. The summed E-state index contributed by atoms with van der Waals surface area (Å²) in [5, 5.41) is 2.85. The van der Waals surface area contributed by atoms with Gasteiger partial charge in [-0.15, -0.1) is 0 Å². The first-order valence-corrected chi connectivity index (χ1v) is 8.10. The molecule has 1 aliphatic heterocycles. The predicted octanol–water partition coefficient (Wildman–Crippen LogP) is 0.354. The van der Waals surface area contributed by atoms with Crippen LogP contribution >= 0.6 is 0 Å². The summed E-state index contributed by atoms with van der Waals surface area (Å²) in [5.74, 6) is 1.59. The molecule has 0 unspecified atom stereocenters. The van der Waals surface area contributed by atoms with Crippen LogP contribution in [0.4, 0.5) is 0 Å². The van der Waals surface area contributed by atoms with E-state index in [4.69, 9.17) is 9.47 Å². The molecule has 1 saturated heterocycles. The van der Waals surface area contributed by atoms with Gasteiger partial charge in [-0.1, -0.05) is 0 Å². The summed E-state index contributed by atoms with van der Waals surface area (Å²) in [6, 6.07) is 7.31. The summed E-state index contributed by atoms with van der Waals surface area (Å²) in [6.45, 7) is 5.63. The van der Waals surface area contributed by atoms with Gasteiger partial charge >= 0.3 is 0 Å². The molecular formula is C17H25N3O4. The molecule has 132 valence electrons. The van der Waals surface area contributed by atoms with Gasteiger partial charge < -0.3 is 19.7 Å². The van der Waals surface area contributed by atoms with Crippen LogP contribution in [0, 0.1) is 0 Å². The minimum atomic E-state index is -0.0235. The predicted molar refractivity (Wildman–Crippen MR) is 90.2 cm³/mol. The van der Waals surface area contributed by atoms with Crippen LogP contribution < -0.4 is 14.8 Å². The van der Waals surface area contributed by atoms with E-state index in [-0.39, 0.29) is 11.8 Å². The Morgan fingerprint density at radius 1 is 1.08 bits per heavy atom. The average Bonchev–Trinajstić information content (AvgIpc) is 2.59. The average molecular weight is 335 g/mol. The zero-order chi connectivity index (χ0) is 17.4. The number of benzene rings is 1. The van der Waals surface area contributed by atoms with Crippen molar-refractivity contribution in [3.8, 4) is 11.5 Å². The fraction of sp³-hybridized carbons (Fsp3) is 0.529. The van der Waals surface area contributed by atoms with E-state index in [0.717, 1.165) is 24.6 Å². The highest BCUT2D eigenvalue weighted by Gasteiger charge is 2.19. The second-order valence-corrected chi connectivity index (χ2v) is 5.66. The quantitative estimate of drug-likeness (QED) is 0.728. The summed E-state index contributed by atoms with van der Waals surface area (Å²) in [6.07, 6.45) is 0. The Morgan fingerprint density at radius 2 is 1.71 bits per heavy atom. The van der Waals surface area contributed by atoms with E-state index in [1.54, 1.807) is 18.9 Å². The Kier molecular flexibility index (Phi) is 6.87. The largest absolute Gasteiger partial charge is 0.497 e. The van der Waals surface area contributed by atoms with Crippen molar-refractivity contribution < 1.29 is 19.1 Å². The number of nitrogens with one attached hydrogen (secondary N) is 1. The fourth-order valence-electron chi connectivity index (χ4n) is 2.51. The van der Waals surface area contributed by atoms with Gasteiger partial charge in [-0.2, -0.15) is 0 Å². The molecule has 2 amide bonds. The van der Waals surface area contributed by atoms with E-state index in [1.165, 1.54) is 0 Å². The topological polar surface area (TPSA) is 71.1 Å². The number of carbonyl (C=O) groups is 2. The third-order valence-corrected chi connectivity index (χ3v) is 3.94. The van der Waals surface area contributed by atoms with Gasteiger partial charge in [0.15, 0.2) is 0 Å². The summed E-state index contributed by atoms with van der Waals surface area (Å²) in [5.41, 5.74) is 0. The van der Waals surface area contributed by atoms with Crippen molar-refractivity contribution in [1.29, 1.82) is 0 Å². The maximum absolute atomic E-state index is 11.9. The van der Waals surface area contributed by atoms with Gasteiger partial charge in [0.25, 0.3) is 0 Å². The number of nitrogens with zero attached hydrogens (tertiary/aromatic N) is 2. The van der Waals surface area contributed by atoms with Crippen LogP contribution in [0.25, 0.3) is 0 Å². The van der Waals surface area contributed by atoms with E-state index in [0.29, 0.717) is 32.8 Å². The summed E-state index contributed by atoms with van der Waals surface area (Å²) >= 11 is 0. The van der Waals surface area contributed by atoms with Crippen LogP contribution in [0.5, 0.6) is 11.5 Å². The Morgan fingerprint density at radius 3 is 2.29 bits per heavy atom. The molecule has 1 aromatic carbocycles. The molecule has 2 rings (SSSR count).